The highest BCUT2D eigenvalue weighted by Gasteiger charge is 2.30. The second-order valence-corrected chi connectivity index (χ2v) is 7.77. The molecular weight excluding hydrogens is 358 g/mol. The number of rotatable bonds is 4. The molecule has 2 saturated heterocycles. The molecule has 2 aliphatic heterocycles. The molecule has 0 atom stereocenters. The Morgan fingerprint density at radius 3 is 2.59 bits per heavy atom. The first-order chi connectivity index (χ1) is 13.1. The van der Waals surface area contributed by atoms with E-state index >= 15 is 0 Å². The molecule has 140 valence electrons. The van der Waals surface area contributed by atoms with Crippen LogP contribution in [-0.4, -0.2) is 36.1 Å². The summed E-state index contributed by atoms with van der Waals surface area (Å²) in [6, 6.07) is 12.0. The number of carbonyl (C=O) groups is 1. The maximum absolute atomic E-state index is 12.6. The van der Waals surface area contributed by atoms with Crippen LogP contribution in [0.5, 0.6) is 0 Å². The summed E-state index contributed by atoms with van der Waals surface area (Å²) in [4.78, 5) is 21.7. The van der Waals surface area contributed by atoms with Crippen LogP contribution in [-0.2, 0) is 11.2 Å². The molecule has 4 rings (SSSR count). The van der Waals surface area contributed by atoms with Gasteiger partial charge in [0.25, 0.3) is 5.91 Å². The second kappa shape index (κ2) is 7.64. The molecule has 0 radical (unpaired) electrons. The maximum atomic E-state index is 12.6. The standard InChI is InChI=1S/C21H23N3O2S/c1-3-15-6-8-16(9-7-15)22-21-23(2)20(25)18(27-21)14-17-10-11-19(26-17)24-12-4-5-13-24/h6-11,14H,3-5,12-13H2,1-2H3/b18-14+,22-21?. The Balaban J connectivity index is 1.53. The molecule has 27 heavy (non-hydrogen) atoms. The summed E-state index contributed by atoms with van der Waals surface area (Å²) in [5.41, 5.74) is 2.12. The van der Waals surface area contributed by atoms with Crippen LogP contribution in [0, 0.1) is 0 Å². The third kappa shape index (κ3) is 3.81. The van der Waals surface area contributed by atoms with E-state index in [0.717, 1.165) is 31.1 Å². The molecule has 1 amide bonds. The number of aliphatic imine (C=N–C) groups is 1. The number of furan rings is 1. The van der Waals surface area contributed by atoms with E-state index in [1.807, 2.05) is 30.3 Å². The highest BCUT2D eigenvalue weighted by molar-refractivity contribution is 8.18. The molecule has 0 saturated carbocycles. The van der Waals surface area contributed by atoms with Crippen LogP contribution in [0.25, 0.3) is 6.08 Å². The smallest absolute Gasteiger partial charge is 0.266 e. The zero-order chi connectivity index (χ0) is 18.8. The average Bonchev–Trinajstić information content (AvgIpc) is 3.42. The van der Waals surface area contributed by atoms with Crippen molar-refractivity contribution in [3.63, 3.8) is 0 Å². The minimum Gasteiger partial charge on any atom is -0.441 e. The van der Waals surface area contributed by atoms with Crippen molar-refractivity contribution < 1.29 is 9.21 Å². The average molecular weight is 382 g/mol. The summed E-state index contributed by atoms with van der Waals surface area (Å²) in [7, 11) is 1.76. The molecule has 1 aromatic heterocycles. The normalized spacial score (nSPS) is 20.4. The van der Waals surface area contributed by atoms with E-state index in [0.29, 0.717) is 15.8 Å². The van der Waals surface area contributed by atoms with Gasteiger partial charge in [0.1, 0.15) is 5.76 Å². The van der Waals surface area contributed by atoms with Crippen molar-refractivity contribution in [2.24, 2.45) is 4.99 Å². The molecular formula is C21H23N3O2S. The number of hydrogen-bond acceptors (Lipinski definition) is 5. The zero-order valence-electron chi connectivity index (χ0n) is 15.6. The second-order valence-electron chi connectivity index (χ2n) is 6.76. The van der Waals surface area contributed by atoms with Gasteiger partial charge in [-0.25, -0.2) is 4.99 Å². The molecule has 3 heterocycles. The Bertz CT molecular complexity index is 892. The molecule has 6 heteroatoms. The maximum Gasteiger partial charge on any atom is 0.266 e. The number of carbonyl (C=O) groups excluding carboxylic acids is 1. The van der Waals surface area contributed by atoms with Gasteiger partial charge in [-0.05, 0) is 54.8 Å². The van der Waals surface area contributed by atoms with Gasteiger partial charge in [-0.1, -0.05) is 19.1 Å². The van der Waals surface area contributed by atoms with Crippen LogP contribution in [0.1, 0.15) is 31.1 Å². The zero-order valence-corrected chi connectivity index (χ0v) is 16.5. The summed E-state index contributed by atoms with van der Waals surface area (Å²) < 4.78 is 5.92. The Kier molecular flexibility index (Phi) is 5.07. The largest absolute Gasteiger partial charge is 0.441 e. The van der Waals surface area contributed by atoms with Crippen molar-refractivity contribution in [3.05, 3.63) is 52.6 Å². The van der Waals surface area contributed by atoms with Crippen LogP contribution in [0.4, 0.5) is 11.6 Å². The van der Waals surface area contributed by atoms with Gasteiger partial charge >= 0.3 is 0 Å². The lowest BCUT2D eigenvalue weighted by molar-refractivity contribution is -0.121. The van der Waals surface area contributed by atoms with Gasteiger partial charge in [-0.15, -0.1) is 0 Å². The van der Waals surface area contributed by atoms with Crippen molar-refractivity contribution in [1.29, 1.82) is 0 Å². The molecule has 0 aliphatic carbocycles. The van der Waals surface area contributed by atoms with Crippen molar-refractivity contribution in [1.82, 2.24) is 4.90 Å². The topological polar surface area (TPSA) is 49.1 Å². The third-order valence-electron chi connectivity index (χ3n) is 4.88. The van der Waals surface area contributed by atoms with Gasteiger partial charge in [0.15, 0.2) is 11.1 Å². The molecule has 1 aromatic carbocycles. The van der Waals surface area contributed by atoms with E-state index in [4.69, 9.17) is 4.42 Å². The first-order valence-corrected chi connectivity index (χ1v) is 10.2. The van der Waals surface area contributed by atoms with Crippen molar-refractivity contribution in [2.45, 2.75) is 26.2 Å². The third-order valence-corrected chi connectivity index (χ3v) is 5.94. The first kappa shape index (κ1) is 17.9. The lowest BCUT2D eigenvalue weighted by Crippen LogP contribution is -2.23. The predicted octanol–water partition coefficient (Wildman–Crippen LogP) is 4.68. The molecule has 0 N–H and O–H groups in total. The molecule has 0 unspecified atom stereocenters. The fraction of sp³-hybridized carbons (Fsp3) is 0.333. The Hall–Kier alpha value is -2.47. The summed E-state index contributed by atoms with van der Waals surface area (Å²) >= 11 is 1.38. The number of amides is 1. The number of amidine groups is 1. The lowest BCUT2D eigenvalue weighted by Gasteiger charge is -2.12. The van der Waals surface area contributed by atoms with Gasteiger partial charge in [0.2, 0.25) is 0 Å². The van der Waals surface area contributed by atoms with E-state index < -0.39 is 0 Å². The first-order valence-electron chi connectivity index (χ1n) is 9.34. The van der Waals surface area contributed by atoms with Crippen LogP contribution >= 0.6 is 11.8 Å². The van der Waals surface area contributed by atoms with Crippen molar-refractivity contribution in [2.75, 3.05) is 25.0 Å². The Morgan fingerprint density at radius 2 is 1.89 bits per heavy atom. The summed E-state index contributed by atoms with van der Waals surface area (Å²) in [6.45, 7) is 4.20. The van der Waals surface area contributed by atoms with E-state index in [2.05, 4.69) is 28.9 Å². The molecule has 0 bridgehead atoms. The van der Waals surface area contributed by atoms with Crippen molar-refractivity contribution in [3.8, 4) is 0 Å². The number of aryl methyl sites for hydroxylation is 1. The van der Waals surface area contributed by atoms with Crippen LogP contribution < -0.4 is 4.90 Å². The SMILES string of the molecule is CCc1ccc(N=C2S/C(=C/c3ccc(N4CCCC4)o3)C(=O)N2C)cc1. The van der Waals surface area contributed by atoms with Crippen LogP contribution in [0.15, 0.2) is 50.7 Å². The number of thioether (sulfide) groups is 1. The van der Waals surface area contributed by atoms with Gasteiger partial charge in [0.05, 0.1) is 10.6 Å². The molecule has 0 spiro atoms. The van der Waals surface area contributed by atoms with E-state index in [-0.39, 0.29) is 5.91 Å². The van der Waals surface area contributed by atoms with Gasteiger partial charge in [-0.3, -0.25) is 9.69 Å². The Labute approximate surface area is 163 Å². The fourth-order valence-electron chi connectivity index (χ4n) is 3.22. The van der Waals surface area contributed by atoms with Gasteiger partial charge in [-0.2, -0.15) is 0 Å². The highest BCUT2D eigenvalue weighted by atomic mass is 32.2. The number of hydrogen-bond donors (Lipinski definition) is 0. The van der Waals surface area contributed by atoms with E-state index in [1.165, 1.54) is 30.2 Å². The van der Waals surface area contributed by atoms with E-state index in [9.17, 15) is 4.79 Å². The predicted molar refractivity (Wildman–Crippen MR) is 111 cm³/mol. The minimum atomic E-state index is -0.0527. The quantitative estimate of drug-likeness (QED) is 0.722. The monoisotopic (exact) mass is 381 g/mol. The number of nitrogens with zero attached hydrogens (tertiary/aromatic N) is 3. The molecule has 2 fully saturated rings. The Morgan fingerprint density at radius 1 is 1.15 bits per heavy atom. The summed E-state index contributed by atoms with van der Waals surface area (Å²) in [5.74, 6) is 1.53. The number of benzene rings is 1. The van der Waals surface area contributed by atoms with Gasteiger partial charge < -0.3 is 9.32 Å². The number of anilines is 1. The van der Waals surface area contributed by atoms with Gasteiger partial charge in [0, 0.05) is 32.3 Å². The van der Waals surface area contributed by atoms with Crippen LogP contribution in [0.2, 0.25) is 0 Å². The molecule has 2 aromatic rings. The van der Waals surface area contributed by atoms with E-state index in [1.54, 1.807) is 11.9 Å². The minimum absolute atomic E-state index is 0.0527. The molecule has 2 aliphatic rings. The fourth-order valence-corrected chi connectivity index (χ4v) is 4.19. The van der Waals surface area contributed by atoms with Crippen LogP contribution in [0.3, 0.4) is 0 Å². The molecule has 5 nitrogen and oxygen atoms in total. The summed E-state index contributed by atoms with van der Waals surface area (Å²) in [6.07, 6.45) is 5.22. The van der Waals surface area contributed by atoms with Crippen molar-refractivity contribution >= 4 is 40.5 Å². The summed E-state index contributed by atoms with van der Waals surface area (Å²) in [5, 5.41) is 0.682. The lowest BCUT2D eigenvalue weighted by atomic mass is 10.2. The number of likely N-dealkylation sites (N-methyl/N-ethyl adjacent to an activating group) is 1. The highest BCUT2D eigenvalue weighted by Crippen LogP contribution is 2.34.